The maximum absolute atomic E-state index is 13.4. The van der Waals surface area contributed by atoms with Crippen LogP contribution in [0.5, 0.6) is 0 Å². The first-order valence-corrected chi connectivity index (χ1v) is 6.68. The third-order valence-electron chi connectivity index (χ3n) is 2.29. The van der Waals surface area contributed by atoms with E-state index in [4.69, 9.17) is 5.11 Å². The molecule has 9 heteroatoms. The number of hydrogen-bond acceptors (Lipinski definition) is 3. The molecule has 0 aliphatic rings. The lowest BCUT2D eigenvalue weighted by atomic mass is 10.2. The molecule has 0 aliphatic heterocycles. The summed E-state index contributed by atoms with van der Waals surface area (Å²) in [7, 11) is -4.66. The molecule has 1 rings (SSSR count). The van der Waals surface area contributed by atoms with Gasteiger partial charge in [-0.1, -0.05) is 6.08 Å². The summed E-state index contributed by atoms with van der Waals surface area (Å²) in [6, 6.07) is -0.663. The number of halogens is 3. The lowest BCUT2D eigenvalue weighted by Gasteiger charge is -2.13. The van der Waals surface area contributed by atoms with E-state index in [1.54, 1.807) is 4.72 Å². The van der Waals surface area contributed by atoms with Crippen LogP contribution in [0.1, 0.15) is 6.42 Å². The molecule has 2 N–H and O–H groups in total. The number of aliphatic carboxylic acids is 1. The fraction of sp³-hybridized carbons (Fsp3) is 0.182. The zero-order chi connectivity index (χ0) is 15.5. The average molecular weight is 309 g/mol. The highest BCUT2D eigenvalue weighted by Crippen LogP contribution is 2.20. The van der Waals surface area contributed by atoms with Gasteiger partial charge < -0.3 is 5.11 Å². The van der Waals surface area contributed by atoms with Gasteiger partial charge in [0, 0.05) is 0 Å². The Morgan fingerprint density at radius 3 is 2.45 bits per heavy atom. The zero-order valence-corrected chi connectivity index (χ0v) is 10.8. The van der Waals surface area contributed by atoms with E-state index in [-0.39, 0.29) is 6.42 Å². The molecule has 1 aromatic rings. The van der Waals surface area contributed by atoms with Crippen molar-refractivity contribution in [3.63, 3.8) is 0 Å². The summed E-state index contributed by atoms with van der Waals surface area (Å²) >= 11 is 0. The first-order chi connectivity index (χ1) is 9.20. The molecule has 20 heavy (non-hydrogen) atoms. The second-order valence-corrected chi connectivity index (χ2v) is 5.39. The van der Waals surface area contributed by atoms with Gasteiger partial charge >= 0.3 is 5.97 Å². The van der Waals surface area contributed by atoms with Crippen LogP contribution in [0, 0.1) is 17.5 Å². The third kappa shape index (κ3) is 3.36. The van der Waals surface area contributed by atoms with Gasteiger partial charge in [-0.15, -0.1) is 6.58 Å². The SMILES string of the molecule is C=CCC(NS(=O)(=O)c1ccc(F)c(F)c1F)C(=O)O. The lowest BCUT2D eigenvalue weighted by molar-refractivity contribution is -0.138. The van der Waals surface area contributed by atoms with Crippen molar-refractivity contribution in [1.29, 1.82) is 0 Å². The van der Waals surface area contributed by atoms with Gasteiger partial charge in [0.25, 0.3) is 0 Å². The number of rotatable bonds is 6. The van der Waals surface area contributed by atoms with Gasteiger partial charge in [0.2, 0.25) is 10.0 Å². The Labute approximate surface area is 112 Å². The minimum absolute atomic E-state index is 0.264. The highest BCUT2D eigenvalue weighted by molar-refractivity contribution is 7.89. The van der Waals surface area contributed by atoms with Crippen molar-refractivity contribution in [3.8, 4) is 0 Å². The van der Waals surface area contributed by atoms with E-state index in [1.165, 1.54) is 0 Å². The van der Waals surface area contributed by atoms with Gasteiger partial charge in [0.1, 0.15) is 10.9 Å². The van der Waals surface area contributed by atoms with Crippen LogP contribution in [-0.2, 0) is 14.8 Å². The number of carboxylic acids is 1. The van der Waals surface area contributed by atoms with Crippen molar-refractivity contribution >= 4 is 16.0 Å². The van der Waals surface area contributed by atoms with Crippen molar-refractivity contribution in [1.82, 2.24) is 4.72 Å². The molecule has 0 aromatic heterocycles. The van der Waals surface area contributed by atoms with E-state index >= 15 is 0 Å². The summed E-state index contributed by atoms with van der Waals surface area (Å²) in [6.07, 6.45) is 0.878. The van der Waals surface area contributed by atoms with Crippen molar-refractivity contribution in [2.24, 2.45) is 0 Å². The van der Waals surface area contributed by atoms with E-state index in [9.17, 15) is 26.4 Å². The third-order valence-corrected chi connectivity index (χ3v) is 3.78. The molecule has 1 aromatic carbocycles. The quantitative estimate of drug-likeness (QED) is 0.615. The number of sulfonamides is 1. The van der Waals surface area contributed by atoms with Crippen LogP contribution < -0.4 is 4.72 Å². The molecule has 0 fully saturated rings. The minimum atomic E-state index is -4.66. The highest BCUT2D eigenvalue weighted by atomic mass is 32.2. The van der Waals surface area contributed by atoms with Gasteiger partial charge in [-0.05, 0) is 18.6 Å². The molecular formula is C11H10F3NO4S. The first kappa shape index (κ1) is 16.2. The summed E-state index contributed by atoms with van der Waals surface area (Å²) in [4.78, 5) is 9.63. The second-order valence-electron chi connectivity index (χ2n) is 3.71. The molecule has 0 heterocycles. The average Bonchev–Trinajstić information content (AvgIpc) is 2.34. The number of carboxylic acid groups (broad SMARTS) is 1. The number of hydrogen-bond donors (Lipinski definition) is 2. The summed E-state index contributed by atoms with van der Waals surface area (Å²) < 4.78 is 64.3. The van der Waals surface area contributed by atoms with E-state index in [0.717, 1.165) is 6.08 Å². The van der Waals surface area contributed by atoms with E-state index in [1.807, 2.05) is 0 Å². The summed E-state index contributed by atoms with van der Waals surface area (Å²) in [5.41, 5.74) is 0. The lowest BCUT2D eigenvalue weighted by Crippen LogP contribution is -2.40. The summed E-state index contributed by atoms with van der Waals surface area (Å²) in [5, 5.41) is 8.78. The maximum atomic E-state index is 13.4. The monoisotopic (exact) mass is 309 g/mol. The van der Waals surface area contributed by atoms with E-state index in [0.29, 0.717) is 12.1 Å². The van der Waals surface area contributed by atoms with Crippen molar-refractivity contribution in [2.75, 3.05) is 0 Å². The largest absolute Gasteiger partial charge is 0.480 e. The van der Waals surface area contributed by atoms with Crippen molar-refractivity contribution < 1.29 is 31.5 Å². The molecule has 0 aliphatic carbocycles. The van der Waals surface area contributed by atoms with Gasteiger partial charge in [-0.3, -0.25) is 4.79 Å². The Bertz CT molecular complexity index is 645. The van der Waals surface area contributed by atoms with Crippen LogP contribution >= 0.6 is 0 Å². The van der Waals surface area contributed by atoms with Crippen molar-refractivity contribution in [2.45, 2.75) is 17.4 Å². The predicted octanol–water partition coefficient (Wildman–Crippen LogP) is 1.41. The van der Waals surface area contributed by atoms with Crippen LogP contribution in [0.2, 0.25) is 0 Å². The molecule has 0 bridgehead atoms. The fourth-order valence-electron chi connectivity index (χ4n) is 1.33. The topological polar surface area (TPSA) is 83.5 Å². The normalized spacial score (nSPS) is 12.9. The fourth-order valence-corrected chi connectivity index (χ4v) is 2.60. The molecule has 1 unspecified atom stereocenters. The van der Waals surface area contributed by atoms with Gasteiger partial charge in [0.15, 0.2) is 17.5 Å². The van der Waals surface area contributed by atoms with Crippen LogP contribution in [0.15, 0.2) is 29.7 Å². The van der Waals surface area contributed by atoms with Crippen LogP contribution in [0.4, 0.5) is 13.2 Å². The molecular weight excluding hydrogens is 299 g/mol. The Hall–Kier alpha value is -1.87. The molecule has 0 saturated carbocycles. The second kappa shape index (κ2) is 6.06. The van der Waals surface area contributed by atoms with Crippen molar-refractivity contribution in [3.05, 3.63) is 42.2 Å². The Morgan fingerprint density at radius 2 is 1.95 bits per heavy atom. The first-order valence-electron chi connectivity index (χ1n) is 5.20. The number of nitrogens with one attached hydrogen (secondary N) is 1. The maximum Gasteiger partial charge on any atom is 0.322 e. The number of benzene rings is 1. The molecule has 110 valence electrons. The Balaban J connectivity index is 3.20. The smallest absolute Gasteiger partial charge is 0.322 e. The highest BCUT2D eigenvalue weighted by Gasteiger charge is 2.28. The Kier molecular flexibility index (Phi) is 4.90. The summed E-state index contributed by atoms with van der Waals surface area (Å²) in [6.45, 7) is 3.25. The number of carbonyl (C=O) groups is 1. The molecule has 0 spiro atoms. The van der Waals surface area contributed by atoms with Crippen LogP contribution in [0.3, 0.4) is 0 Å². The van der Waals surface area contributed by atoms with Crippen LogP contribution in [-0.4, -0.2) is 25.5 Å². The van der Waals surface area contributed by atoms with Gasteiger partial charge in [-0.25, -0.2) is 21.6 Å². The Morgan fingerprint density at radius 1 is 1.35 bits per heavy atom. The van der Waals surface area contributed by atoms with E-state index < -0.39 is 44.4 Å². The molecule has 0 radical (unpaired) electrons. The minimum Gasteiger partial charge on any atom is -0.480 e. The molecule has 1 atom stereocenters. The molecule has 5 nitrogen and oxygen atoms in total. The van der Waals surface area contributed by atoms with Crippen LogP contribution in [0.25, 0.3) is 0 Å². The standard InChI is InChI=1S/C11H10F3NO4S/c1-2-3-7(11(16)17)15-20(18,19)8-5-4-6(12)9(13)10(8)14/h2,4-5,7,15H,1,3H2,(H,16,17). The van der Waals surface area contributed by atoms with Gasteiger partial charge in [-0.2, -0.15) is 4.72 Å². The predicted molar refractivity (Wildman–Crippen MR) is 62.9 cm³/mol. The van der Waals surface area contributed by atoms with Gasteiger partial charge in [0.05, 0.1) is 0 Å². The summed E-state index contributed by atoms with van der Waals surface area (Å²) in [5.74, 6) is -6.94. The van der Waals surface area contributed by atoms with E-state index in [2.05, 4.69) is 6.58 Å². The molecule has 0 saturated heterocycles. The molecule has 0 amide bonds. The zero-order valence-electron chi connectivity index (χ0n) is 9.94.